The van der Waals surface area contributed by atoms with Gasteiger partial charge in [-0.25, -0.2) is 0 Å². The van der Waals surface area contributed by atoms with Crippen LogP contribution in [-0.2, 0) is 9.53 Å². The van der Waals surface area contributed by atoms with E-state index in [1.807, 2.05) is 11.8 Å². The second kappa shape index (κ2) is 5.61. The van der Waals surface area contributed by atoms with Crippen LogP contribution >= 0.6 is 0 Å². The van der Waals surface area contributed by atoms with Crippen molar-refractivity contribution in [2.45, 2.75) is 13.0 Å². The van der Waals surface area contributed by atoms with Crippen LogP contribution in [0, 0.1) is 0 Å². The molecule has 2 aliphatic heterocycles. The van der Waals surface area contributed by atoms with E-state index in [9.17, 15) is 4.79 Å². The molecule has 16 heavy (non-hydrogen) atoms. The molecule has 0 aromatic rings. The van der Waals surface area contributed by atoms with E-state index >= 15 is 0 Å². The summed E-state index contributed by atoms with van der Waals surface area (Å²) in [5.41, 5.74) is 0. The Balaban J connectivity index is 1.86. The van der Waals surface area contributed by atoms with E-state index in [2.05, 4.69) is 10.2 Å². The van der Waals surface area contributed by atoms with Crippen molar-refractivity contribution in [1.29, 1.82) is 0 Å². The van der Waals surface area contributed by atoms with Crippen LogP contribution in [0.15, 0.2) is 0 Å². The molecular weight excluding hydrogens is 206 g/mol. The quantitative estimate of drug-likeness (QED) is 0.667. The molecule has 0 radical (unpaired) electrons. The second-order valence-electron chi connectivity index (χ2n) is 4.40. The van der Waals surface area contributed by atoms with Gasteiger partial charge in [-0.05, 0) is 6.92 Å². The zero-order valence-corrected chi connectivity index (χ0v) is 9.95. The van der Waals surface area contributed by atoms with Crippen molar-refractivity contribution < 1.29 is 9.53 Å². The Morgan fingerprint density at radius 2 is 1.81 bits per heavy atom. The maximum absolute atomic E-state index is 12.2. The molecule has 2 rings (SSSR count). The van der Waals surface area contributed by atoms with Gasteiger partial charge in [-0.3, -0.25) is 9.69 Å². The Bertz CT molecular complexity index is 235. The molecule has 0 bridgehead atoms. The Morgan fingerprint density at radius 3 is 2.44 bits per heavy atom. The first-order valence-corrected chi connectivity index (χ1v) is 6.10. The van der Waals surface area contributed by atoms with Crippen LogP contribution in [0.4, 0.5) is 0 Å². The molecule has 0 aromatic carbocycles. The average molecular weight is 227 g/mol. The summed E-state index contributed by atoms with van der Waals surface area (Å²) in [6.07, 6.45) is 0. The average Bonchev–Trinajstić information content (AvgIpc) is 2.39. The summed E-state index contributed by atoms with van der Waals surface area (Å²) >= 11 is 0. The van der Waals surface area contributed by atoms with Crippen molar-refractivity contribution in [2.24, 2.45) is 0 Å². The van der Waals surface area contributed by atoms with Crippen molar-refractivity contribution >= 4 is 5.91 Å². The summed E-state index contributed by atoms with van der Waals surface area (Å²) < 4.78 is 5.26. The predicted octanol–water partition coefficient (Wildman–Crippen LogP) is -0.861. The van der Waals surface area contributed by atoms with Crippen molar-refractivity contribution in [3.8, 4) is 0 Å². The van der Waals surface area contributed by atoms with Crippen LogP contribution in [0.2, 0.25) is 0 Å². The lowest BCUT2D eigenvalue weighted by Crippen LogP contribution is -2.55. The summed E-state index contributed by atoms with van der Waals surface area (Å²) in [6, 6.07) is 0.0141. The molecule has 5 heteroatoms. The third kappa shape index (κ3) is 2.72. The van der Waals surface area contributed by atoms with E-state index < -0.39 is 0 Å². The molecule has 2 fully saturated rings. The number of piperazine rings is 1. The summed E-state index contributed by atoms with van der Waals surface area (Å²) in [4.78, 5) is 16.4. The van der Waals surface area contributed by atoms with Crippen LogP contribution in [0.1, 0.15) is 6.92 Å². The number of morpholine rings is 1. The number of carbonyl (C=O) groups excluding carboxylic acids is 1. The van der Waals surface area contributed by atoms with Crippen LogP contribution in [0.3, 0.4) is 0 Å². The number of rotatable bonds is 2. The fraction of sp³-hybridized carbons (Fsp3) is 0.909. The fourth-order valence-corrected chi connectivity index (χ4v) is 2.27. The summed E-state index contributed by atoms with van der Waals surface area (Å²) in [5, 5.41) is 3.30. The maximum Gasteiger partial charge on any atom is 0.239 e. The molecule has 0 spiro atoms. The minimum atomic E-state index is 0.0141. The maximum atomic E-state index is 12.2. The van der Waals surface area contributed by atoms with Gasteiger partial charge in [0, 0.05) is 39.3 Å². The van der Waals surface area contributed by atoms with E-state index in [0.717, 1.165) is 39.3 Å². The molecule has 0 aromatic heterocycles. The highest BCUT2D eigenvalue weighted by molar-refractivity contribution is 5.81. The fourth-order valence-electron chi connectivity index (χ4n) is 2.27. The number of nitrogens with one attached hydrogen (secondary N) is 1. The van der Waals surface area contributed by atoms with E-state index in [1.54, 1.807) is 0 Å². The molecule has 0 saturated carbocycles. The van der Waals surface area contributed by atoms with Gasteiger partial charge in [0.25, 0.3) is 0 Å². The normalized spacial score (nSPS) is 25.4. The third-order valence-electron chi connectivity index (χ3n) is 3.38. The van der Waals surface area contributed by atoms with Gasteiger partial charge in [0.2, 0.25) is 5.91 Å². The van der Waals surface area contributed by atoms with Crippen LogP contribution in [0.25, 0.3) is 0 Å². The minimum absolute atomic E-state index is 0.0141. The van der Waals surface area contributed by atoms with Gasteiger partial charge in [0.1, 0.15) is 0 Å². The molecule has 1 amide bonds. The molecule has 0 aliphatic carbocycles. The molecule has 2 saturated heterocycles. The standard InChI is InChI=1S/C11H21N3O2/c1-10(13-4-2-12-3-5-13)11(15)14-6-8-16-9-7-14/h10,12H,2-9H2,1H3. The van der Waals surface area contributed by atoms with Crippen molar-refractivity contribution in [3.05, 3.63) is 0 Å². The first kappa shape index (κ1) is 11.8. The molecule has 5 nitrogen and oxygen atoms in total. The summed E-state index contributed by atoms with van der Waals surface area (Å²) in [7, 11) is 0. The van der Waals surface area contributed by atoms with Crippen LogP contribution in [0.5, 0.6) is 0 Å². The number of ether oxygens (including phenoxy) is 1. The molecule has 92 valence electrons. The SMILES string of the molecule is CC(C(=O)N1CCOCC1)N1CCNCC1. The van der Waals surface area contributed by atoms with Gasteiger partial charge in [-0.1, -0.05) is 0 Å². The molecule has 1 unspecified atom stereocenters. The molecule has 1 N–H and O–H groups in total. The number of hydrogen-bond acceptors (Lipinski definition) is 4. The lowest BCUT2D eigenvalue weighted by molar-refractivity contribution is -0.140. The molecule has 2 aliphatic rings. The zero-order valence-electron chi connectivity index (χ0n) is 9.95. The molecule has 2 heterocycles. The highest BCUT2D eigenvalue weighted by Crippen LogP contribution is 2.07. The Labute approximate surface area is 96.7 Å². The first-order chi connectivity index (χ1) is 7.79. The Morgan fingerprint density at radius 1 is 1.19 bits per heavy atom. The largest absolute Gasteiger partial charge is 0.378 e. The minimum Gasteiger partial charge on any atom is -0.378 e. The smallest absolute Gasteiger partial charge is 0.239 e. The van der Waals surface area contributed by atoms with E-state index in [-0.39, 0.29) is 11.9 Å². The van der Waals surface area contributed by atoms with Crippen LogP contribution in [-0.4, -0.2) is 74.2 Å². The Kier molecular flexibility index (Phi) is 4.15. The van der Waals surface area contributed by atoms with E-state index in [1.165, 1.54) is 0 Å². The van der Waals surface area contributed by atoms with E-state index in [0.29, 0.717) is 13.2 Å². The molecule has 1 atom stereocenters. The lowest BCUT2D eigenvalue weighted by Gasteiger charge is -2.36. The summed E-state index contributed by atoms with van der Waals surface area (Å²) in [6.45, 7) is 8.78. The van der Waals surface area contributed by atoms with Crippen molar-refractivity contribution in [1.82, 2.24) is 15.1 Å². The predicted molar refractivity (Wildman–Crippen MR) is 61.3 cm³/mol. The van der Waals surface area contributed by atoms with Gasteiger partial charge in [-0.15, -0.1) is 0 Å². The lowest BCUT2D eigenvalue weighted by atomic mass is 10.2. The highest BCUT2D eigenvalue weighted by atomic mass is 16.5. The van der Waals surface area contributed by atoms with Crippen molar-refractivity contribution in [3.63, 3.8) is 0 Å². The topological polar surface area (TPSA) is 44.8 Å². The third-order valence-corrected chi connectivity index (χ3v) is 3.38. The van der Waals surface area contributed by atoms with Gasteiger partial charge in [0.15, 0.2) is 0 Å². The highest BCUT2D eigenvalue weighted by Gasteiger charge is 2.27. The number of amides is 1. The van der Waals surface area contributed by atoms with Gasteiger partial charge >= 0.3 is 0 Å². The summed E-state index contributed by atoms with van der Waals surface area (Å²) in [5.74, 6) is 0.255. The van der Waals surface area contributed by atoms with Gasteiger partial charge in [-0.2, -0.15) is 0 Å². The second-order valence-corrected chi connectivity index (χ2v) is 4.40. The monoisotopic (exact) mass is 227 g/mol. The van der Waals surface area contributed by atoms with Crippen molar-refractivity contribution in [2.75, 3.05) is 52.5 Å². The van der Waals surface area contributed by atoms with Crippen LogP contribution < -0.4 is 5.32 Å². The number of carbonyl (C=O) groups is 1. The Hall–Kier alpha value is -0.650. The zero-order chi connectivity index (χ0) is 11.4. The molecular formula is C11H21N3O2. The van der Waals surface area contributed by atoms with Gasteiger partial charge in [0.05, 0.1) is 19.3 Å². The first-order valence-electron chi connectivity index (χ1n) is 6.10. The van der Waals surface area contributed by atoms with E-state index in [4.69, 9.17) is 4.74 Å². The number of hydrogen-bond donors (Lipinski definition) is 1. The number of nitrogens with zero attached hydrogens (tertiary/aromatic N) is 2. The van der Waals surface area contributed by atoms with Gasteiger partial charge < -0.3 is 15.0 Å².